The van der Waals surface area contributed by atoms with Gasteiger partial charge in [0.05, 0.1) is 60.8 Å². The molecule has 0 aliphatic rings. The van der Waals surface area contributed by atoms with E-state index in [2.05, 4.69) is 15.0 Å². The van der Waals surface area contributed by atoms with E-state index in [-0.39, 0.29) is 0 Å². The monoisotopic (exact) mass is 354 g/mol. The second-order valence-electron chi connectivity index (χ2n) is 5.98. The van der Waals surface area contributed by atoms with E-state index in [9.17, 15) is 0 Å². The molecule has 1 rings (SSSR count). The maximum atomic E-state index is 8.09. The summed E-state index contributed by atoms with van der Waals surface area (Å²) in [5.41, 5.74) is 8.09. The summed E-state index contributed by atoms with van der Waals surface area (Å²) in [6.45, 7) is 3.64. The molecule has 9 heteroatoms. The highest BCUT2D eigenvalue weighted by molar-refractivity contribution is 5.47. The van der Waals surface area contributed by atoms with Crippen molar-refractivity contribution in [3.63, 3.8) is 0 Å². The zero-order chi connectivity index (χ0) is 18.4. The molecule has 0 aromatic carbocycles. The fourth-order valence-corrected chi connectivity index (χ4v) is 1.90. The largest absolute Gasteiger partial charge is 0.484 e. The van der Waals surface area contributed by atoms with Crippen LogP contribution in [0.3, 0.4) is 0 Å². The van der Waals surface area contributed by atoms with Crippen LogP contribution in [0.4, 0.5) is 5.82 Å². The minimum atomic E-state index is 0.340. The van der Waals surface area contributed by atoms with Gasteiger partial charge in [0, 0.05) is 17.7 Å². The van der Waals surface area contributed by atoms with Crippen LogP contribution in [0.5, 0.6) is 5.75 Å². The van der Waals surface area contributed by atoms with E-state index in [1.165, 1.54) is 0 Å². The minimum Gasteiger partial charge on any atom is -0.484 e. The Morgan fingerprint density at radius 3 is 2.20 bits per heavy atom. The van der Waals surface area contributed by atoms with Gasteiger partial charge in [-0.2, -0.15) is 0 Å². The average Bonchev–Trinajstić information content (AvgIpc) is 2.58. The number of nitrogens with zero attached hydrogens (tertiary/aromatic N) is 5. The molecule has 0 aliphatic heterocycles. The lowest BCUT2D eigenvalue weighted by Crippen LogP contribution is -2.36. The van der Waals surface area contributed by atoms with Gasteiger partial charge >= 0.3 is 0 Å². The third kappa shape index (κ3) is 9.85. The number of quaternary nitrogens is 1. The fourth-order valence-electron chi connectivity index (χ4n) is 1.90. The van der Waals surface area contributed by atoms with Crippen LogP contribution in [0.25, 0.3) is 10.4 Å². The quantitative estimate of drug-likeness (QED) is 0.167. The number of hydrogen-bond donors (Lipinski definition) is 0. The van der Waals surface area contributed by atoms with E-state index in [4.69, 9.17) is 24.5 Å². The Kier molecular flexibility index (Phi) is 10.5. The van der Waals surface area contributed by atoms with E-state index < -0.39 is 0 Å². The fraction of sp³-hybridized carbons (Fsp3) is 0.688. The first-order valence-corrected chi connectivity index (χ1v) is 8.19. The zero-order valence-corrected chi connectivity index (χ0v) is 15.3. The molecule has 25 heavy (non-hydrogen) atoms. The summed E-state index contributed by atoms with van der Waals surface area (Å²) in [5.74, 6) is 1.65. The van der Waals surface area contributed by atoms with Gasteiger partial charge < -0.3 is 18.9 Å². The van der Waals surface area contributed by atoms with Gasteiger partial charge in [0.25, 0.3) is 5.82 Å². The summed E-state index contributed by atoms with van der Waals surface area (Å²) in [4.78, 5) is 7.02. The Morgan fingerprint density at radius 2 is 1.60 bits per heavy atom. The highest BCUT2D eigenvalue weighted by Gasteiger charge is 2.19. The molecule has 1 aromatic heterocycles. The molecule has 0 amide bonds. The van der Waals surface area contributed by atoms with E-state index in [1.54, 1.807) is 6.20 Å². The number of pyridine rings is 1. The van der Waals surface area contributed by atoms with Gasteiger partial charge in [-0.1, -0.05) is 5.11 Å². The lowest BCUT2D eigenvalue weighted by atomic mass is 10.4. The van der Waals surface area contributed by atoms with Gasteiger partial charge in [-0.25, -0.2) is 4.98 Å². The van der Waals surface area contributed by atoms with E-state index in [1.807, 2.05) is 33.3 Å². The van der Waals surface area contributed by atoms with Crippen molar-refractivity contribution in [2.24, 2.45) is 5.11 Å². The van der Waals surface area contributed by atoms with Crippen molar-refractivity contribution in [3.8, 4) is 5.75 Å². The first kappa shape index (κ1) is 21.1. The molecule has 0 fully saturated rings. The van der Waals surface area contributed by atoms with Crippen LogP contribution in [0.2, 0.25) is 0 Å². The Morgan fingerprint density at radius 1 is 1.00 bits per heavy atom. The standard InChI is InChI=1S/C16H28N5O4/c1-21(2,3)16-15(5-4-6-18-16)25-14-13-24-12-11-23-10-9-22-8-7-19-20-17/h4-6H,7-14H2,1-3H3/q+1. The van der Waals surface area contributed by atoms with Gasteiger partial charge in [0.15, 0.2) is 0 Å². The smallest absolute Gasteiger partial charge is 0.269 e. The van der Waals surface area contributed by atoms with Crippen molar-refractivity contribution in [1.82, 2.24) is 9.47 Å². The van der Waals surface area contributed by atoms with Crippen LogP contribution in [0, 0.1) is 0 Å². The van der Waals surface area contributed by atoms with Crippen LogP contribution in [0.15, 0.2) is 23.4 Å². The Hall–Kier alpha value is -1.90. The van der Waals surface area contributed by atoms with Gasteiger partial charge in [-0.3, -0.25) is 4.48 Å². The summed E-state index contributed by atoms with van der Waals surface area (Å²) in [7, 11) is 6.14. The van der Waals surface area contributed by atoms with Crippen molar-refractivity contribution < 1.29 is 18.9 Å². The molecule has 0 atom stereocenters. The zero-order valence-electron chi connectivity index (χ0n) is 15.3. The molecule has 0 unspecified atom stereocenters. The first-order valence-electron chi connectivity index (χ1n) is 8.19. The number of rotatable bonds is 14. The summed E-state index contributed by atoms with van der Waals surface area (Å²) in [5, 5.41) is 3.37. The third-order valence-corrected chi connectivity index (χ3v) is 3.01. The second-order valence-corrected chi connectivity index (χ2v) is 5.98. The van der Waals surface area contributed by atoms with Crippen LogP contribution in [0.1, 0.15) is 0 Å². The van der Waals surface area contributed by atoms with Crippen molar-refractivity contribution in [1.29, 1.82) is 0 Å². The predicted octanol–water partition coefficient (Wildman–Crippen LogP) is 2.02. The van der Waals surface area contributed by atoms with Crippen LogP contribution < -0.4 is 9.22 Å². The Labute approximate surface area is 148 Å². The van der Waals surface area contributed by atoms with Crippen molar-refractivity contribution in [2.75, 3.05) is 73.9 Å². The molecule has 0 saturated heterocycles. The summed E-state index contributed by atoms with van der Waals surface area (Å²) >= 11 is 0. The Balaban J connectivity index is 2.02. The van der Waals surface area contributed by atoms with Crippen molar-refractivity contribution in [3.05, 3.63) is 28.8 Å². The predicted molar refractivity (Wildman–Crippen MR) is 95.8 cm³/mol. The molecule has 0 radical (unpaired) electrons. The number of hydrogen-bond acceptors (Lipinski definition) is 6. The third-order valence-electron chi connectivity index (χ3n) is 3.01. The Bertz CT molecular complexity index is 530. The van der Waals surface area contributed by atoms with Crippen LogP contribution in [-0.4, -0.2) is 78.9 Å². The van der Waals surface area contributed by atoms with Gasteiger partial charge in [-0.05, 0) is 17.7 Å². The summed E-state index contributed by atoms with van der Waals surface area (Å²) in [6, 6.07) is 3.77. The van der Waals surface area contributed by atoms with E-state index in [0.717, 1.165) is 11.6 Å². The summed E-state index contributed by atoms with van der Waals surface area (Å²) < 4.78 is 22.4. The maximum Gasteiger partial charge on any atom is 0.269 e. The molecular formula is C16H28N5O4+. The molecule has 0 spiro atoms. The van der Waals surface area contributed by atoms with Crippen LogP contribution in [-0.2, 0) is 14.2 Å². The van der Waals surface area contributed by atoms with Gasteiger partial charge in [0.2, 0.25) is 5.75 Å². The van der Waals surface area contributed by atoms with Crippen molar-refractivity contribution >= 4 is 5.82 Å². The molecule has 0 bridgehead atoms. The lowest BCUT2D eigenvalue weighted by molar-refractivity contribution is 0.0105. The number of aromatic nitrogens is 1. The molecular weight excluding hydrogens is 326 g/mol. The van der Waals surface area contributed by atoms with Gasteiger partial charge in [-0.15, -0.1) is 0 Å². The van der Waals surface area contributed by atoms with Crippen molar-refractivity contribution in [2.45, 2.75) is 0 Å². The average molecular weight is 354 g/mol. The number of azide groups is 1. The molecule has 1 heterocycles. The SMILES string of the molecule is C[N+](C)(C)c1ncccc1OCCOCCOCCOCCN=[N+]=[N-]. The molecule has 0 aliphatic carbocycles. The summed E-state index contributed by atoms with van der Waals surface area (Å²) in [6.07, 6.45) is 1.76. The van der Waals surface area contributed by atoms with E-state index >= 15 is 0 Å². The normalized spacial score (nSPS) is 11.2. The first-order chi connectivity index (χ1) is 12.1. The molecule has 9 nitrogen and oxygen atoms in total. The molecule has 0 N–H and O–H groups in total. The lowest BCUT2D eigenvalue weighted by Gasteiger charge is -2.23. The molecule has 140 valence electrons. The maximum absolute atomic E-state index is 8.09. The highest BCUT2D eigenvalue weighted by atomic mass is 16.6. The number of ether oxygens (including phenoxy) is 4. The van der Waals surface area contributed by atoms with Crippen LogP contribution >= 0.6 is 0 Å². The topological polar surface area (TPSA) is 98.6 Å². The minimum absolute atomic E-state index is 0.340. The second kappa shape index (κ2) is 12.5. The highest BCUT2D eigenvalue weighted by Crippen LogP contribution is 2.26. The molecule has 1 aromatic rings. The van der Waals surface area contributed by atoms with Gasteiger partial charge in [0.1, 0.15) is 6.61 Å². The van der Waals surface area contributed by atoms with E-state index in [0.29, 0.717) is 57.3 Å². The molecule has 0 saturated carbocycles.